The average molecular weight is 328 g/mol. The van der Waals surface area contributed by atoms with Crippen molar-refractivity contribution in [3.8, 4) is 5.75 Å². The van der Waals surface area contributed by atoms with E-state index in [1.54, 1.807) is 20.8 Å². The molecule has 1 aromatic carbocycles. The molecule has 1 aromatic rings. The molecule has 126 valence electrons. The van der Waals surface area contributed by atoms with Gasteiger partial charge in [-0.3, -0.25) is 9.69 Å². The Morgan fingerprint density at radius 1 is 1.39 bits per heavy atom. The lowest BCUT2D eigenvalue weighted by molar-refractivity contribution is -0.123. The van der Waals surface area contributed by atoms with Crippen molar-refractivity contribution in [1.29, 1.82) is 0 Å². The van der Waals surface area contributed by atoms with Crippen LogP contribution in [0.4, 0.5) is 19.3 Å². The standard InChI is InChI=1S/C15H18F2N2O4/c1-7-8(16)5-9(17)11-12(7)23-6-10(13(20)18-11)19(14(21)22)15(2,3)4/h5,10H,6H2,1-4H3,(H,18,20)(H,21,22). The Balaban J connectivity index is 2.46. The van der Waals surface area contributed by atoms with Crippen molar-refractivity contribution < 1.29 is 28.2 Å². The van der Waals surface area contributed by atoms with Gasteiger partial charge in [0.05, 0.1) is 0 Å². The first-order chi connectivity index (χ1) is 10.5. The number of carbonyl (C=O) groups is 2. The van der Waals surface area contributed by atoms with Crippen LogP contribution in [0, 0.1) is 18.6 Å². The number of nitrogens with one attached hydrogen (secondary N) is 1. The number of halogens is 2. The molecule has 1 aliphatic heterocycles. The van der Waals surface area contributed by atoms with Gasteiger partial charge in [-0.1, -0.05) is 0 Å². The summed E-state index contributed by atoms with van der Waals surface area (Å²) in [6.07, 6.45) is -1.31. The summed E-state index contributed by atoms with van der Waals surface area (Å²) in [6.45, 7) is 5.92. The van der Waals surface area contributed by atoms with Crippen molar-refractivity contribution in [3.63, 3.8) is 0 Å². The molecule has 2 rings (SSSR count). The van der Waals surface area contributed by atoms with Crippen LogP contribution in [0.2, 0.25) is 0 Å². The highest BCUT2D eigenvalue weighted by Gasteiger charge is 2.40. The molecule has 2 amide bonds. The van der Waals surface area contributed by atoms with Crippen LogP contribution < -0.4 is 10.1 Å². The average Bonchev–Trinajstić information content (AvgIpc) is 2.55. The molecular weight excluding hydrogens is 310 g/mol. The van der Waals surface area contributed by atoms with E-state index in [-0.39, 0.29) is 23.6 Å². The molecule has 0 bridgehead atoms. The molecule has 0 aromatic heterocycles. The first-order valence-corrected chi connectivity index (χ1v) is 6.98. The van der Waals surface area contributed by atoms with Crippen LogP contribution in [0.3, 0.4) is 0 Å². The van der Waals surface area contributed by atoms with Crippen LogP contribution in [-0.2, 0) is 4.79 Å². The van der Waals surface area contributed by atoms with Crippen LogP contribution in [0.15, 0.2) is 6.07 Å². The Morgan fingerprint density at radius 2 is 2.00 bits per heavy atom. The summed E-state index contributed by atoms with van der Waals surface area (Å²) < 4.78 is 32.9. The molecule has 1 atom stereocenters. The van der Waals surface area contributed by atoms with Crippen molar-refractivity contribution in [2.45, 2.75) is 39.3 Å². The second-order valence-corrected chi connectivity index (χ2v) is 6.31. The van der Waals surface area contributed by atoms with Gasteiger partial charge in [0, 0.05) is 17.2 Å². The number of nitrogens with zero attached hydrogens (tertiary/aromatic N) is 1. The summed E-state index contributed by atoms with van der Waals surface area (Å²) in [4.78, 5) is 24.8. The summed E-state index contributed by atoms with van der Waals surface area (Å²) in [5.41, 5.74) is -1.12. The molecule has 0 fully saturated rings. The third-order valence-corrected chi connectivity index (χ3v) is 3.60. The van der Waals surface area contributed by atoms with E-state index in [2.05, 4.69) is 5.32 Å². The lowest BCUT2D eigenvalue weighted by Crippen LogP contribution is -2.57. The third-order valence-electron chi connectivity index (χ3n) is 3.60. The molecular formula is C15H18F2N2O4. The molecule has 0 saturated carbocycles. The van der Waals surface area contributed by atoms with Gasteiger partial charge in [-0.15, -0.1) is 0 Å². The van der Waals surface area contributed by atoms with E-state index in [0.717, 1.165) is 4.90 Å². The predicted molar refractivity (Wildman–Crippen MR) is 78.6 cm³/mol. The molecule has 23 heavy (non-hydrogen) atoms. The second-order valence-electron chi connectivity index (χ2n) is 6.31. The quantitative estimate of drug-likeness (QED) is 0.831. The van der Waals surface area contributed by atoms with E-state index in [0.29, 0.717) is 6.07 Å². The van der Waals surface area contributed by atoms with Gasteiger partial charge in [-0.05, 0) is 27.7 Å². The Labute approximate surface area is 132 Å². The molecule has 0 spiro atoms. The number of carbonyl (C=O) groups excluding carboxylic acids is 1. The van der Waals surface area contributed by atoms with Crippen LogP contribution in [0.25, 0.3) is 0 Å². The maximum Gasteiger partial charge on any atom is 0.408 e. The minimum Gasteiger partial charge on any atom is -0.488 e. The zero-order valence-electron chi connectivity index (χ0n) is 13.2. The second kappa shape index (κ2) is 5.68. The van der Waals surface area contributed by atoms with Crippen molar-refractivity contribution in [3.05, 3.63) is 23.3 Å². The zero-order chi connectivity index (χ0) is 17.5. The molecule has 1 unspecified atom stereocenters. The van der Waals surface area contributed by atoms with Crippen LogP contribution in [0.1, 0.15) is 26.3 Å². The summed E-state index contributed by atoms with van der Waals surface area (Å²) in [6, 6.07) is -0.543. The predicted octanol–water partition coefficient (Wildman–Crippen LogP) is 2.75. The molecule has 2 N–H and O–H groups in total. The van der Waals surface area contributed by atoms with E-state index in [4.69, 9.17) is 4.74 Å². The van der Waals surface area contributed by atoms with Gasteiger partial charge in [-0.25, -0.2) is 13.6 Å². The number of amides is 2. The summed E-state index contributed by atoms with van der Waals surface area (Å²) in [5, 5.41) is 11.7. The van der Waals surface area contributed by atoms with Gasteiger partial charge in [0.2, 0.25) is 0 Å². The monoisotopic (exact) mass is 328 g/mol. The summed E-state index contributed by atoms with van der Waals surface area (Å²) in [7, 11) is 0. The van der Waals surface area contributed by atoms with Gasteiger partial charge < -0.3 is 15.2 Å². The molecule has 6 nitrogen and oxygen atoms in total. The number of anilines is 1. The molecule has 0 saturated heterocycles. The van der Waals surface area contributed by atoms with E-state index >= 15 is 0 Å². The normalized spacial score (nSPS) is 17.7. The van der Waals surface area contributed by atoms with Crippen LogP contribution in [-0.4, -0.2) is 40.2 Å². The molecule has 1 heterocycles. The number of fused-ring (bicyclic) bond motifs is 1. The summed E-state index contributed by atoms with van der Waals surface area (Å²) >= 11 is 0. The highest BCUT2D eigenvalue weighted by molar-refractivity contribution is 5.99. The molecule has 0 radical (unpaired) electrons. The lowest BCUT2D eigenvalue weighted by Gasteiger charge is -2.37. The Morgan fingerprint density at radius 3 is 2.52 bits per heavy atom. The van der Waals surface area contributed by atoms with Crippen molar-refractivity contribution >= 4 is 17.7 Å². The molecule has 0 aliphatic carbocycles. The number of rotatable bonds is 1. The van der Waals surface area contributed by atoms with E-state index in [1.807, 2.05) is 0 Å². The SMILES string of the molecule is Cc1c(F)cc(F)c2c1OCC(N(C(=O)O)C(C)(C)C)C(=O)N2. The molecule has 1 aliphatic rings. The third kappa shape index (κ3) is 3.06. The maximum atomic E-state index is 13.9. The van der Waals surface area contributed by atoms with Gasteiger partial charge in [-0.2, -0.15) is 0 Å². The Bertz CT molecular complexity index is 670. The summed E-state index contributed by atoms with van der Waals surface area (Å²) in [5.74, 6) is -2.64. The minimum atomic E-state index is -1.31. The fourth-order valence-electron chi connectivity index (χ4n) is 2.52. The number of benzene rings is 1. The number of hydrogen-bond acceptors (Lipinski definition) is 3. The minimum absolute atomic E-state index is 0.0417. The highest BCUT2D eigenvalue weighted by Crippen LogP contribution is 2.36. The lowest BCUT2D eigenvalue weighted by atomic mass is 10.0. The zero-order valence-corrected chi connectivity index (χ0v) is 13.2. The number of hydrogen-bond donors (Lipinski definition) is 2. The fourth-order valence-corrected chi connectivity index (χ4v) is 2.52. The fraction of sp³-hybridized carbons (Fsp3) is 0.467. The van der Waals surface area contributed by atoms with E-state index in [9.17, 15) is 23.5 Å². The van der Waals surface area contributed by atoms with Crippen molar-refractivity contribution in [1.82, 2.24) is 4.90 Å². The van der Waals surface area contributed by atoms with Crippen molar-refractivity contribution in [2.24, 2.45) is 0 Å². The smallest absolute Gasteiger partial charge is 0.408 e. The van der Waals surface area contributed by atoms with Gasteiger partial charge in [0.15, 0.2) is 11.6 Å². The Kier molecular flexibility index (Phi) is 4.19. The van der Waals surface area contributed by atoms with Gasteiger partial charge in [0.1, 0.15) is 24.2 Å². The van der Waals surface area contributed by atoms with E-state index < -0.39 is 35.2 Å². The topological polar surface area (TPSA) is 78.9 Å². The largest absolute Gasteiger partial charge is 0.488 e. The maximum absolute atomic E-state index is 13.9. The number of carboxylic acid groups (broad SMARTS) is 1. The first kappa shape index (κ1) is 17.0. The van der Waals surface area contributed by atoms with Gasteiger partial charge >= 0.3 is 6.09 Å². The van der Waals surface area contributed by atoms with Crippen LogP contribution in [0.5, 0.6) is 5.75 Å². The highest BCUT2D eigenvalue weighted by atomic mass is 19.1. The number of ether oxygens (including phenoxy) is 1. The Hall–Kier alpha value is -2.38. The molecule has 8 heteroatoms. The van der Waals surface area contributed by atoms with Gasteiger partial charge in [0.25, 0.3) is 5.91 Å². The van der Waals surface area contributed by atoms with Crippen molar-refractivity contribution in [2.75, 3.05) is 11.9 Å². The van der Waals surface area contributed by atoms with Crippen LogP contribution >= 0.6 is 0 Å². The first-order valence-electron chi connectivity index (χ1n) is 6.98. The van der Waals surface area contributed by atoms with E-state index in [1.165, 1.54) is 6.92 Å².